The minimum absolute atomic E-state index is 0.380. The first-order chi connectivity index (χ1) is 9.16. The number of nitrogens with one attached hydrogen (secondary N) is 1. The molecular formula is C15H29N3O. The molecule has 4 nitrogen and oxygen atoms in total. The molecule has 1 amide bonds. The molecule has 2 rings (SSSR count). The van der Waals surface area contributed by atoms with Crippen LogP contribution in [0.25, 0.3) is 0 Å². The lowest BCUT2D eigenvalue weighted by Crippen LogP contribution is -2.47. The second kappa shape index (κ2) is 7.25. The van der Waals surface area contributed by atoms with Gasteiger partial charge in [0.05, 0.1) is 0 Å². The molecule has 110 valence electrons. The molecule has 2 heterocycles. The molecule has 0 radical (unpaired) electrons. The van der Waals surface area contributed by atoms with Crippen molar-refractivity contribution in [2.75, 3.05) is 40.3 Å². The Balaban J connectivity index is 1.72. The van der Waals surface area contributed by atoms with Gasteiger partial charge in [-0.3, -0.25) is 4.79 Å². The van der Waals surface area contributed by atoms with Gasteiger partial charge in [-0.2, -0.15) is 0 Å². The molecule has 2 saturated heterocycles. The van der Waals surface area contributed by atoms with Gasteiger partial charge in [-0.25, -0.2) is 0 Å². The van der Waals surface area contributed by atoms with Crippen LogP contribution in [0.4, 0.5) is 0 Å². The van der Waals surface area contributed by atoms with E-state index in [1.54, 1.807) is 0 Å². The molecule has 2 aliphatic heterocycles. The van der Waals surface area contributed by atoms with Crippen molar-refractivity contribution < 1.29 is 4.79 Å². The number of nitrogens with zero attached hydrogens (tertiary/aromatic N) is 2. The topological polar surface area (TPSA) is 35.6 Å². The van der Waals surface area contributed by atoms with Gasteiger partial charge in [0.25, 0.3) is 0 Å². The maximum absolute atomic E-state index is 12.3. The monoisotopic (exact) mass is 267 g/mol. The molecule has 1 unspecified atom stereocenters. The number of piperidine rings is 2. The second-order valence-electron chi connectivity index (χ2n) is 6.33. The molecule has 0 aliphatic carbocycles. The van der Waals surface area contributed by atoms with E-state index in [2.05, 4.69) is 29.2 Å². The molecule has 0 saturated carbocycles. The Labute approximate surface area is 117 Å². The third kappa shape index (κ3) is 4.46. The zero-order valence-electron chi connectivity index (χ0n) is 12.5. The highest BCUT2D eigenvalue weighted by molar-refractivity contribution is 5.76. The summed E-state index contributed by atoms with van der Waals surface area (Å²) in [6.07, 6.45) is 6.71. The minimum Gasteiger partial charge on any atom is -0.341 e. The van der Waals surface area contributed by atoms with Crippen molar-refractivity contribution in [2.24, 2.45) is 5.92 Å². The van der Waals surface area contributed by atoms with Crippen molar-refractivity contribution in [2.45, 2.75) is 44.6 Å². The van der Waals surface area contributed by atoms with Gasteiger partial charge in [-0.15, -0.1) is 0 Å². The summed E-state index contributed by atoms with van der Waals surface area (Å²) in [5.74, 6) is 1.14. The maximum Gasteiger partial charge on any atom is 0.222 e. The van der Waals surface area contributed by atoms with E-state index >= 15 is 0 Å². The summed E-state index contributed by atoms with van der Waals surface area (Å²) in [5.41, 5.74) is 0. The molecule has 19 heavy (non-hydrogen) atoms. The molecule has 2 aliphatic rings. The molecule has 1 N–H and O–H groups in total. The normalized spacial score (nSPS) is 25.8. The van der Waals surface area contributed by atoms with Crippen LogP contribution in [-0.2, 0) is 4.79 Å². The number of hydrogen-bond donors (Lipinski definition) is 1. The van der Waals surface area contributed by atoms with Gasteiger partial charge in [-0.05, 0) is 65.2 Å². The molecule has 0 aromatic carbocycles. The Bertz CT molecular complexity index is 287. The van der Waals surface area contributed by atoms with E-state index in [1.807, 2.05) is 0 Å². The number of likely N-dealkylation sites (N-methyl/N-ethyl adjacent to an activating group) is 1. The van der Waals surface area contributed by atoms with Crippen LogP contribution in [0, 0.1) is 5.92 Å². The van der Waals surface area contributed by atoms with E-state index in [1.165, 1.54) is 19.3 Å². The van der Waals surface area contributed by atoms with Crippen LogP contribution < -0.4 is 5.32 Å². The van der Waals surface area contributed by atoms with Gasteiger partial charge >= 0.3 is 0 Å². The molecule has 0 aromatic heterocycles. The first-order valence-corrected chi connectivity index (χ1v) is 7.81. The molecule has 4 heteroatoms. The van der Waals surface area contributed by atoms with Crippen molar-refractivity contribution in [1.29, 1.82) is 0 Å². The highest BCUT2D eigenvalue weighted by Gasteiger charge is 2.25. The van der Waals surface area contributed by atoms with E-state index in [4.69, 9.17) is 0 Å². The van der Waals surface area contributed by atoms with Gasteiger partial charge in [-0.1, -0.05) is 0 Å². The Kier molecular flexibility index (Phi) is 5.64. The van der Waals surface area contributed by atoms with Crippen molar-refractivity contribution in [3.8, 4) is 0 Å². The standard InChI is InChI=1S/C15H29N3O/c1-17(2)14-4-3-11-18(12-14)15(19)6-5-13-7-9-16-10-8-13/h13-14,16H,3-12H2,1-2H3. The van der Waals surface area contributed by atoms with E-state index in [-0.39, 0.29) is 0 Å². The van der Waals surface area contributed by atoms with Crippen LogP contribution in [0.1, 0.15) is 38.5 Å². The van der Waals surface area contributed by atoms with E-state index in [0.717, 1.165) is 51.4 Å². The van der Waals surface area contributed by atoms with Crippen LogP contribution in [0.5, 0.6) is 0 Å². The Hall–Kier alpha value is -0.610. The molecular weight excluding hydrogens is 238 g/mol. The zero-order valence-corrected chi connectivity index (χ0v) is 12.5. The number of rotatable bonds is 4. The summed E-state index contributed by atoms with van der Waals surface area (Å²) in [7, 11) is 4.24. The van der Waals surface area contributed by atoms with Crippen LogP contribution in [-0.4, -0.2) is 62.0 Å². The summed E-state index contributed by atoms with van der Waals surface area (Å²) < 4.78 is 0. The first kappa shape index (κ1) is 14.8. The van der Waals surface area contributed by atoms with Crippen molar-refractivity contribution in [3.05, 3.63) is 0 Å². The van der Waals surface area contributed by atoms with E-state index < -0.39 is 0 Å². The number of carbonyl (C=O) groups is 1. The lowest BCUT2D eigenvalue weighted by molar-refractivity contribution is -0.133. The average molecular weight is 267 g/mol. The smallest absolute Gasteiger partial charge is 0.222 e. The number of hydrogen-bond acceptors (Lipinski definition) is 3. The highest BCUT2D eigenvalue weighted by atomic mass is 16.2. The van der Waals surface area contributed by atoms with Gasteiger partial charge < -0.3 is 15.1 Å². The molecule has 2 fully saturated rings. The predicted molar refractivity (Wildman–Crippen MR) is 78.1 cm³/mol. The largest absolute Gasteiger partial charge is 0.341 e. The Morgan fingerprint density at radius 1 is 1.26 bits per heavy atom. The highest BCUT2D eigenvalue weighted by Crippen LogP contribution is 2.20. The Morgan fingerprint density at radius 3 is 2.68 bits per heavy atom. The SMILES string of the molecule is CN(C)C1CCCN(C(=O)CCC2CCNCC2)C1. The fourth-order valence-electron chi connectivity index (χ4n) is 3.26. The molecule has 0 bridgehead atoms. The Morgan fingerprint density at radius 2 is 2.00 bits per heavy atom. The third-order valence-corrected chi connectivity index (χ3v) is 4.70. The number of carbonyl (C=O) groups excluding carboxylic acids is 1. The fourth-order valence-corrected chi connectivity index (χ4v) is 3.26. The molecule has 1 atom stereocenters. The number of amides is 1. The molecule has 0 aromatic rings. The lowest BCUT2D eigenvalue weighted by Gasteiger charge is -2.36. The van der Waals surface area contributed by atoms with Gasteiger partial charge in [0.15, 0.2) is 0 Å². The first-order valence-electron chi connectivity index (χ1n) is 7.81. The van der Waals surface area contributed by atoms with Crippen molar-refractivity contribution in [3.63, 3.8) is 0 Å². The maximum atomic E-state index is 12.3. The van der Waals surface area contributed by atoms with Gasteiger partial charge in [0.1, 0.15) is 0 Å². The lowest BCUT2D eigenvalue weighted by atomic mass is 9.92. The van der Waals surface area contributed by atoms with Crippen LogP contribution in [0.15, 0.2) is 0 Å². The summed E-state index contributed by atoms with van der Waals surface area (Å²) in [6.45, 7) is 4.16. The summed E-state index contributed by atoms with van der Waals surface area (Å²) in [4.78, 5) is 16.6. The van der Waals surface area contributed by atoms with Crippen LogP contribution in [0.3, 0.4) is 0 Å². The third-order valence-electron chi connectivity index (χ3n) is 4.70. The summed E-state index contributed by atoms with van der Waals surface area (Å²) in [5, 5.41) is 3.38. The second-order valence-corrected chi connectivity index (χ2v) is 6.33. The summed E-state index contributed by atoms with van der Waals surface area (Å²) >= 11 is 0. The van der Waals surface area contributed by atoms with Gasteiger partial charge in [0.2, 0.25) is 5.91 Å². The summed E-state index contributed by atoms with van der Waals surface area (Å²) in [6, 6.07) is 0.552. The van der Waals surface area contributed by atoms with E-state index in [0.29, 0.717) is 11.9 Å². The van der Waals surface area contributed by atoms with Crippen LogP contribution >= 0.6 is 0 Å². The quantitative estimate of drug-likeness (QED) is 0.834. The van der Waals surface area contributed by atoms with Crippen molar-refractivity contribution in [1.82, 2.24) is 15.1 Å². The van der Waals surface area contributed by atoms with Crippen molar-refractivity contribution >= 4 is 5.91 Å². The minimum atomic E-state index is 0.380. The zero-order chi connectivity index (χ0) is 13.7. The van der Waals surface area contributed by atoms with E-state index in [9.17, 15) is 4.79 Å². The van der Waals surface area contributed by atoms with Gasteiger partial charge in [0, 0.05) is 25.6 Å². The average Bonchev–Trinajstić information content (AvgIpc) is 2.46. The molecule has 0 spiro atoms. The predicted octanol–water partition coefficient (Wildman–Crippen LogP) is 1.32. The van der Waals surface area contributed by atoms with Crippen LogP contribution in [0.2, 0.25) is 0 Å². The number of likely N-dealkylation sites (tertiary alicyclic amines) is 1. The fraction of sp³-hybridized carbons (Fsp3) is 0.933.